The third-order valence-corrected chi connectivity index (χ3v) is 4.47. The van der Waals surface area contributed by atoms with E-state index in [0.29, 0.717) is 22.5 Å². The van der Waals surface area contributed by atoms with E-state index in [-0.39, 0.29) is 5.91 Å². The summed E-state index contributed by atoms with van der Waals surface area (Å²) in [5, 5.41) is 24.0. The highest BCUT2D eigenvalue weighted by molar-refractivity contribution is 6.07. The van der Waals surface area contributed by atoms with Crippen LogP contribution in [0.5, 0.6) is 0 Å². The van der Waals surface area contributed by atoms with E-state index in [4.69, 9.17) is 5.26 Å². The number of nitriles is 1. The number of carbonyl (C=O) groups excluding carboxylic acids is 1. The lowest BCUT2D eigenvalue weighted by Crippen LogP contribution is -2.11. The Balaban J connectivity index is 1.62. The molecule has 0 atom stereocenters. The summed E-state index contributed by atoms with van der Waals surface area (Å²) in [6.07, 6.45) is 3.21. The number of hydrogen-bond donors (Lipinski definition) is 2. The molecule has 0 radical (unpaired) electrons. The van der Waals surface area contributed by atoms with Crippen LogP contribution < -0.4 is 5.32 Å². The van der Waals surface area contributed by atoms with E-state index in [1.54, 1.807) is 16.9 Å². The Bertz CT molecular complexity index is 1210. The van der Waals surface area contributed by atoms with Crippen LogP contribution in [0.2, 0.25) is 0 Å². The molecule has 27 heavy (non-hydrogen) atoms. The molecule has 7 nitrogen and oxygen atoms in total. The van der Waals surface area contributed by atoms with Gasteiger partial charge >= 0.3 is 0 Å². The minimum atomic E-state index is -0.301. The second-order valence-electron chi connectivity index (χ2n) is 6.31. The van der Waals surface area contributed by atoms with Crippen LogP contribution in [0.1, 0.15) is 27.0 Å². The minimum Gasteiger partial charge on any atom is -0.304 e. The van der Waals surface area contributed by atoms with Gasteiger partial charge in [-0.2, -0.15) is 15.5 Å². The van der Waals surface area contributed by atoms with Crippen LogP contribution >= 0.6 is 0 Å². The average molecular weight is 356 g/mol. The molecule has 2 heterocycles. The zero-order valence-corrected chi connectivity index (χ0v) is 14.8. The number of para-hydroxylation sites is 1. The molecule has 0 aliphatic rings. The molecule has 4 aromatic rings. The number of nitrogens with one attached hydrogen (secondary N) is 2. The van der Waals surface area contributed by atoms with Gasteiger partial charge in [-0.05, 0) is 43.2 Å². The number of nitrogens with zero attached hydrogens (tertiary/aromatic N) is 4. The lowest BCUT2D eigenvalue weighted by molar-refractivity contribution is 0.102. The zero-order chi connectivity index (χ0) is 19.0. The summed E-state index contributed by atoms with van der Waals surface area (Å²) in [5.74, 6) is 0.122. The fraction of sp³-hybridized carbons (Fsp3) is 0.100. The van der Waals surface area contributed by atoms with E-state index in [1.807, 2.05) is 44.2 Å². The van der Waals surface area contributed by atoms with Crippen LogP contribution in [0.15, 0.2) is 48.8 Å². The molecular formula is C20H16N6O. The van der Waals surface area contributed by atoms with Gasteiger partial charge < -0.3 is 5.32 Å². The molecule has 0 spiro atoms. The molecule has 0 fully saturated rings. The molecule has 0 unspecified atom stereocenters. The molecule has 0 aliphatic heterocycles. The molecule has 0 aliphatic carbocycles. The van der Waals surface area contributed by atoms with Crippen LogP contribution in [0, 0.1) is 25.2 Å². The van der Waals surface area contributed by atoms with E-state index in [9.17, 15) is 4.79 Å². The van der Waals surface area contributed by atoms with E-state index >= 15 is 0 Å². The van der Waals surface area contributed by atoms with Crippen molar-refractivity contribution in [2.24, 2.45) is 0 Å². The van der Waals surface area contributed by atoms with Gasteiger partial charge in [0.1, 0.15) is 0 Å². The van der Waals surface area contributed by atoms with E-state index in [1.165, 1.54) is 6.20 Å². The normalized spacial score (nSPS) is 10.7. The molecule has 4 rings (SSSR count). The summed E-state index contributed by atoms with van der Waals surface area (Å²) < 4.78 is 1.68. The van der Waals surface area contributed by atoms with Gasteiger partial charge in [0.25, 0.3) is 5.91 Å². The first-order chi connectivity index (χ1) is 13.1. The Morgan fingerprint density at radius 1 is 1.22 bits per heavy atom. The summed E-state index contributed by atoms with van der Waals surface area (Å²) in [6.45, 7) is 3.84. The van der Waals surface area contributed by atoms with Crippen molar-refractivity contribution in [3.8, 4) is 11.8 Å². The smallest absolute Gasteiger partial charge is 0.260 e. The minimum absolute atomic E-state index is 0.301. The lowest BCUT2D eigenvalue weighted by atomic mass is 10.1. The number of rotatable bonds is 3. The first-order valence-electron chi connectivity index (χ1n) is 8.37. The highest BCUT2D eigenvalue weighted by Crippen LogP contribution is 2.24. The maximum Gasteiger partial charge on any atom is 0.260 e. The second kappa shape index (κ2) is 6.42. The van der Waals surface area contributed by atoms with Crippen molar-refractivity contribution in [1.82, 2.24) is 20.0 Å². The summed E-state index contributed by atoms with van der Waals surface area (Å²) in [5.41, 5.74) is 4.51. The van der Waals surface area contributed by atoms with Crippen molar-refractivity contribution in [3.63, 3.8) is 0 Å². The largest absolute Gasteiger partial charge is 0.304 e. The first-order valence-corrected chi connectivity index (χ1v) is 8.37. The number of anilines is 1. The van der Waals surface area contributed by atoms with Crippen molar-refractivity contribution in [2.75, 3.05) is 5.32 Å². The number of benzene rings is 2. The number of amides is 1. The summed E-state index contributed by atoms with van der Waals surface area (Å²) in [4.78, 5) is 12.6. The molecule has 0 bridgehead atoms. The number of carbonyl (C=O) groups is 1. The Labute approximate surface area is 155 Å². The van der Waals surface area contributed by atoms with Crippen molar-refractivity contribution in [2.45, 2.75) is 13.8 Å². The summed E-state index contributed by atoms with van der Waals surface area (Å²) >= 11 is 0. The molecule has 132 valence electrons. The number of H-pyrrole nitrogens is 1. The van der Waals surface area contributed by atoms with Crippen LogP contribution in [0.25, 0.3) is 16.6 Å². The zero-order valence-electron chi connectivity index (χ0n) is 14.8. The van der Waals surface area contributed by atoms with E-state index < -0.39 is 0 Å². The highest BCUT2D eigenvalue weighted by Gasteiger charge is 2.15. The third kappa shape index (κ3) is 2.93. The Morgan fingerprint density at radius 3 is 2.81 bits per heavy atom. The quantitative estimate of drug-likeness (QED) is 0.587. The number of aromatic amines is 1. The molecule has 1 amide bonds. The molecule has 7 heteroatoms. The first kappa shape index (κ1) is 16.5. The molecular weight excluding hydrogens is 340 g/mol. The van der Waals surface area contributed by atoms with E-state index in [2.05, 4.69) is 26.7 Å². The van der Waals surface area contributed by atoms with Gasteiger partial charge in [0.15, 0.2) is 5.82 Å². The van der Waals surface area contributed by atoms with Crippen LogP contribution in [-0.4, -0.2) is 25.9 Å². The monoisotopic (exact) mass is 356 g/mol. The second-order valence-corrected chi connectivity index (χ2v) is 6.31. The van der Waals surface area contributed by atoms with Crippen molar-refractivity contribution in [1.29, 1.82) is 5.26 Å². The number of hydrogen-bond acceptors (Lipinski definition) is 4. The fourth-order valence-corrected chi connectivity index (χ4v) is 2.96. The third-order valence-electron chi connectivity index (χ3n) is 4.47. The van der Waals surface area contributed by atoms with Crippen LogP contribution in [0.4, 0.5) is 5.82 Å². The predicted octanol–water partition coefficient (Wildman–Crippen LogP) is 3.49. The maximum atomic E-state index is 12.6. The van der Waals surface area contributed by atoms with Crippen molar-refractivity contribution < 1.29 is 4.79 Å². The molecule has 2 N–H and O–H groups in total. The maximum absolute atomic E-state index is 12.6. The number of aromatic nitrogens is 4. The van der Waals surface area contributed by atoms with Crippen molar-refractivity contribution >= 4 is 22.6 Å². The lowest BCUT2D eigenvalue weighted by Gasteiger charge is -2.04. The van der Waals surface area contributed by atoms with Gasteiger partial charge in [0, 0.05) is 11.6 Å². The molecule has 2 aromatic heterocycles. The van der Waals surface area contributed by atoms with Gasteiger partial charge in [-0.3, -0.25) is 9.89 Å². The Kier molecular flexibility index (Phi) is 3.94. The van der Waals surface area contributed by atoms with Crippen LogP contribution in [0.3, 0.4) is 0 Å². The summed E-state index contributed by atoms with van der Waals surface area (Å²) in [6, 6.07) is 13.5. The Hall–Kier alpha value is -3.92. The molecule has 0 saturated heterocycles. The van der Waals surface area contributed by atoms with Gasteiger partial charge in [0.2, 0.25) is 0 Å². The van der Waals surface area contributed by atoms with Crippen LogP contribution in [-0.2, 0) is 0 Å². The standard InChI is InChI=1S/C20H16N6O/c1-12-5-3-4-6-18(12)26-11-15(10-22-26)20(27)23-19-16-7-13(2)14(9-21)8-17(16)24-25-19/h3-8,10-11H,1-2H3,(H2,23,24,25,27). The summed E-state index contributed by atoms with van der Waals surface area (Å²) in [7, 11) is 0. The van der Waals surface area contributed by atoms with Gasteiger partial charge in [-0.25, -0.2) is 4.68 Å². The number of aryl methyl sites for hydroxylation is 2. The highest BCUT2D eigenvalue weighted by atomic mass is 16.1. The van der Waals surface area contributed by atoms with Gasteiger partial charge in [0.05, 0.1) is 34.6 Å². The fourth-order valence-electron chi connectivity index (χ4n) is 2.96. The predicted molar refractivity (Wildman–Crippen MR) is 102 cm³/mol. The molecule has 0 saturated carbocycles. The topological polar surface area (TPSA) is 99.4 Å². The van der Waals surface area contributed by atoms with E-state index in [0.717, 1.165) is 22.2 Å². The van der Waals surface area contributed by atoms with Gasteiger partial charge in [-0.15, -0.1) is 0 Å². The average Bonchev–Trinajstić information content (AvgIpc) is 3.29. The SMILES string of the molecule is Cc1cc2c(NC(=O)c3cnn(-c4ccccc4C)c3)n[nH]c2cc1C#N. The number of fused-ring (bicyclic) bond motifs is 1. The van der Waals surface area contributed by atoms with Crippen molar-refractivity contribution in [3.05, 3.63) is 71.0 Å². The molecule has 2 aromatic carbocycles. The Morgan fingerprint density at radius 2 is 2.04 bits per heavy atom. The van der Waals surface area contributed by atoms with Gasteiger partial charge in [-0.1, -0.05) is 18.2 Å².